The predicted octanol–water partition coefficient (Wildman–Crippen LogP) is 11.5. The maximum absolute atomic E-state index is 12.2. The summed E-state index contributed by atoms with van der Waals surface area (Å²) in [5.74, 6) is -0.0698. The predicted molar refractivity (Wildman–Crippen MR) is 189 cm³/mol. The van der Waals surface area contributed by atoms with E-state index in [1.165, 1.54) is 161 Å². The Morgan fingerprint density at radius 3 is 1.19 bits per heavy atom. The summed E-state index contributed by atoms with van der Waals surface area (Å²) in [6, 6.07) is -0.612. The van der Waals surface area contributed by atoms with Gasteiger partial charge in [0.1, 0.15) is 0 Å². The zero-order valence-electron chi connectivity index (χ0n) is 29.2. The van der Waals surface area contributed by atoms with Gasteiger partial charge in [-0.05, 0) is 12.8 Å². The van der Waals surface area contributed by atoms with E-state index in [-0.39, 0.29) is 12.5 Å². The Labute approximate surface area is 269 Å². The lowest BCUT2D eigenvalue weighted by atomic mass is 10.0. The molecule has 0 radical (unpaired) electrons. The van der Waals surface area contributed by atoms with Crippen molar-refractivity contribution in [3.8, 4) is 0 Å². The van der Waals surface area contributed by atoms with Gasteiger partial charge < -0.3 is 15.5 Å². The SMILES string of the molecule is CCCC/C=C/C(O)C(CO)NC(=O)CCCCCCCCCCCCCCCCCCCCCCCCCCCCC. The summed E-state index contributed by atoms with van der Waals surface area (Å²) < 4.78 is 0. The van der Waals surface area contributed by atoms with Gasteiger partial charge in [-0.15, -0.1) is 0 Å². The minimum absolute atomic E-state index is 0.0698. The van der Waals surface area contributed by atoms with Crippen LogP contribution in [0.15, 0.2) is 12.2 Å². The van der Waals surface area contributed by atoms with Gasteiger partial charge in [0.2, 0.25) is 5.91 Å². The van der Waals surface area contributed by atoms with Crippen molar-refractivity contribution in [1.82, 2.24) is 5.32 Å². The highest BCUT2D eigenvalue weighted by atomic mass is 16.3. The highest BCUT2D eigenvalue weighted by molar-refractivity contribution is 5.76. The van der Waals surface area contributed by atoms with Crippen molar-refractivity contribution < 1.29 is 15.0 Å². The number of amides is 1. The van der Waals surface area contributed by atoms with Crippen LogP contribution in [-0.4, -0.2) is 34.9 Å². The second-order valence-corrected chi connectivity index (χ2v) is 13.4. The van der Waals surface area contributed by atoms with Crippen LogP contribution in [0.1, 0.15) is 213 Å². The van der Waals surface area contributed by atoms with Gasteiger partial charge >= 0.3 is 0 Å². The van der Waals surface area contributed by atoms with Gasteiger partial charge in [-0.2, -0.15) is 0 Å². The van der Waals surface area contributed by atoms with Crippen LogP contribution < -0.4 is 5.32 Å². The van der Waals surface area contributed by atoms with Crippen molar-refractivity contribution in [1.29, 1.82) is 0 Å². The van der Waals surface area contributed by atoms with E-state index in [4.69, 9.17) is 0 Å². The molecule has 0 saturated carbocycles. The fourth-order valence-corrected chi connectivity index (χ4v) is 5.99. The number of aliphatic hydroxyl groups is 2. The Morgan fingerprint density at radius 1 is 0.535 bits per heavy atom. The molecule has 1 amide bonds. The molecule has 0 rings (SSSR count). The molecule has 256 valence electrons. The first-order valence-electron chi connectivity index (χ1n) is 19.4. The van der Waals surface area contributed by atoms with Crippen molar-refractivity contribution in [2.75, 3.05) is 6.61 Å². The van der Waals surface area contributed by atoms with E-state index < -0.39 is 12.1 Å². The van der Waals surface area contributed by atoms with Gasteiger partial charge in [0.25, 0.3) is 0 Å². The number of allylic oxidation sites excluding steroid dienone is 1. The van der Waals surface area contributed by atoms with Crippen LogP contribution in [0, 0.1) is 0 Å². The quantitative estimate of drug-likeness (QED) is 0.0496. The molecule has 0 aliphatic carbocycles. The lowest BCUT2D eigenvalue weighted by Crippen LogP contribution is -2.45. The number of aliphatic hydroxyl groups excluding tert-OH is 2. The van der Waals surface area contributed by atoms with Crippen molar-refractivity contribution in [2.45, 2.75) is 225 Å². The summed E-state index contributed by atoms with van der Waals surface area (Å²) in [5, 5.41) is 22.5. The molecule has 2 unspecified atom stereocenters. The first kappa shape index (κ1) is 42.1. The van der Waals surface area contributed by atoms with Crippen molar-refractivity contribution >= 4 is 5.91 Å². The van der Waals surface area contributed by atoms with Crippen LogP contribution in [0.4, 0.5) is 0 Å². The number of carbonyl (C=O) groups is 1. The molecule has 3 N–H and O–H groups in total. The third-order valence-corrected chi connectivity index (χ3v) is 9.02. The molecule has 0 aromatic rings. The number of nitrogens with one attached hydrogen (secondary N) is 1. The maximum atomic E-state index is 12.2. The first-order chi connectivity index (χ1) is 21.2. The Bertz CT molecular complexity index is 579. The fraction of sp³-hybridized carbons (Fsp3) is 0.923. The maximum Gasteiger partial charge on any atom is 0.220 e. The molecule has 0 aliphatic heterocycles. The molecule has 4 heteroatoms. The average molecular weight is 608 g/mol. The smallest absolute Gasteiger partial charge is 0.220 e. The second kappa shape index (κ2) is 35.6. The summed E-state index contributed by atoms with van der Waals surface area (Å²) in [7, 11) is 0. The van der Waals surface area contributed by atoms with Crippen molar-refractivity contribution in [2.24, 2.45) is 0 Å². The minimum atomic E-state index is -0.829. The lowest BCUT2D eigenvalue weighted by molar-refractivity contribution is -0.123. The van der Waals surface area contributed by atoms with Gasteiger partial charge in [-0.25, -0.2) is 0 Å². The van der Waals surface area contributed by atoms with Gasteiger partial charge in [-0.1, -0.05) is 206 Å². The monoisotopic (exact) mass is 608 g/mol. The number of carbonyl (C=O) groups excluding carboxylic acids is 1. The van der Waals surface area contributed by atoms with Crippen LogP contribution in [0.5, 0.6) is 0 Å². The summed E-state index contributed by atoms with van der Waals surface area (Å²) in [4.78, 5) is 12.2. The van der Waals surface area contributed by atoms with Crippen molar-refractivity contribution in [3.63, 3.8) is 0 Å². The Balaban J connectivity index is 3.31. The normalized spacial score (nSPS) is 13.1. The summed E-state index contributed by atoms with van der Waals surface area (Å²) >= 11 is 0. The topological polar surface area (TPSA) is 69.6 Å². The Morgan fingerprint density at radius 2 is 0.860 bits per heavy atom. The molecular formula is C39H77NO3. The van der Waals surface area contributed by atoms with E-state index in [2.05, 4.69) is 19.2 Å². The van der Waals surface area contributed by atoms with E-state index in [0.29, 0.717) is 6.42 Å². The Hall–Kier alpha value is -0.870. The number of hydrogen-bond donors (Lipinski definition) is 3. The van der Waals surface area contributed by atoms with Gasteiger partial charge in [0.15, 0.2) is 0 Å². The molecule has 0 fully saturated rings. The van der Waals surface area contributed by atoms with Crippen LogP contribution in [0.3, 0.4) is 0 Å². The zero-order valence-corrected chi connectivity index (χ0v) is 29.2. The van der Waals surface area contributed by atoms with Gasteiger partial charge in [0.05, 0.1) is 18.8 Å². The third-order valence-electron chi connectivity index (χ3n) is 9.02. The standard InChI is InChI=1S/C39H77NO3/c1-3-5-7-9-10-11-12-13-14-15-16-17-18-19-20-21-22-23-24-25-26-27-28-29-30-31-33-35-39(43)40-37(36-41)38(42)34-32-8-6-4-2/h32,34,37-38,41-42H,3-31,33,35-36H2,1-2H3,(H,40,43)/b34-32+. The second-order valence-electron chi connectivity index (χ2n) is 13.4. The van der Waals surface area contributed by atoms with Gasteiger partial charge in [0, 0.05) is 6.42 Å². The molecule has 0 heterocycles. The molecule has 0 aromatic heterocycles. The molecule has 43 heavy (non-hydrogen) atoms. The molecule has 0 bridgehead atoms. The molecule has 0 saturated heterocycles. The number of hydrogen-bond acceptors (Lipinski definition) is 3. The van der Waals surface area contributed by atoms with E-state index in [0.717, 1.165) is 32.1 Å². The van der Waals surface area contributed by atoms with Crippen LogP contribution in [-0.2, 0) is 4.79 Å². The lowest BCUT2D eigenvalue weighted by Gasteiger charge is -2.19. The average Bonchev–Trinajstić information content (AvgIpc) is 3.01. The largest absolute Gasteiger partial charge is 0.394 e. The summed E-state index contributed by atoms with van der Waals surface area (Å²) in [6.45, 7) is 4.18. The zero-order chi connectivity index (χ0) is 31.5. The third kappa shape index (κ3) is 32.3. The van der Waals surface area contributed by atoms with Crippen molar-refractivity contribution in [3.05, 3.63) is 12.2 Å². The number of rotatable bonds is 35. The van der Waals surface area contributed by atoms with Crippen LogP contribution in [0.2, 0.25) is 0 Å². The summed E-state index contributed by atoms with van der Waals surface area (Å²) in [6.07, 6.45) is 43.7. The molecule has 4 nitrogen and oxygen atoms in total. The van der Waals surface area contributed by atoms with Crippen LogP contribution in [0.25, 0.3) is 0 Å². The first-order valence-corrected chi connectivity index (χ1v) is 19.4. The van der Waals surface area contributed by atoms with Crippen LogP contribution >= 0.6 is 0 Å². The highest BCUT2D eigenvalue weighted by Crippen LogP contribution is 2.16. The number of unbranched alkanes of at least 4 members (excludes halogenated alkanes) is 28. The molecule has 0 aliphatic rings. The Kier molecular flexibility index (Phi) is 34.9. The molecular weight excluding hydrogens is 530 g/mol. The summed E-state index contributed by atoms with van der Waals surface area (Å²) in [5.41, 5.74) is 0. The fourth-order valence-electron chi connectivity index (χ4n) is 5.99. The van der Waals surface area contributed by atoms with E-state index in [1.807, 2.05) is 6.08 Å². The van der Waals surface area contributed by atoms with Gasteiger partial charge in [-0.3, -0.25) is 4.79 Å². The molecule has 0 spiro atoms. The highest BCUT2D eigenvalue weighted by Gasteiger charge is 2.17. The minimum Gasteiger partial charge on any atom is -0.394 e. The molecule has 2 atom stereocenters. The molecule has 0 aromatic carbocycles. The van der Waals surface area contributed by atoms with E-state index in [1.54, 1.807) is 6.08 Å². The van der Waals surface area contributed by atoms with E-state index >= 15 is 0 Å². The van der Waals surface area contributed by atoms with E-state index in [9.17, 15) is 15.0 Å².